The van der Waals surface area contributed by atoms with Gasteiger partial charge < -0.3 is 20.5 Å². The van der Waals surface area contributed by atoms with Gasteiger partial charge in [0.1, 0.15) is 6.10 Å². The fourth-order valence-corrected chi connectivity index (χ4v) is 1.67. The zero-order valence-electron chi connectivity index (χ0n) is 12.1. The van der Waals surface area contributed by atoms with Gasteiger partial charge in [0, 0.05) is 19.0 Å². The zero-order valence-corrected chi connectivity index (χ0v) is 12.1. The fourth-order valence-electron chi connectivity index (χ4n) is 1.67. The Labute approximate surface area is 109 Å². The number of hydrogen-bond acceptors (Lipinski definition) is 4. The largest absolute Gasteiger partial charge is 0.353 e. The standard InChI is InChI=1S/C13H26N2O3/c1-12(2,3)10(14)6-11(16)15-7-9-8-17-13(4,5)18-9/h9-10H,6-8,14H2,1-5H3,(H,15,16). The lowest BCUT2D eigenvalue weighted by atomic mass is 9.85. The van der Waals surface area contributed by atoms with Gasteiger partial charge in [0.2, 0.25) is 5.91 Å². The highest BCUT2D eigenvalue weighted by atomic mass is 16.7. The Hall–Kier alpha value is -0.650. The Balaban J connectivity index is 2.26. The molecule has 1 amide bonds. The molecule has 18 heavy (non-hydrogen) atoms. The van der Waals surface area contributed by atoms with Gasteiger partial charge in [0.05, 0.1) is 6.61 Å². The van der Waals surface area contributed by atoms with Gasteiger partial charge >= 0.3 is 0 Å². The van der Waals surface area contributed by atoms with E-state index in [1.807, 2.05) is 34.6 Å². The first kappa shape index (κ1) is 15.4. The average Bonchev–Trinajstić information content (AvgIpc) is 2.54. The lowest BCUT2D eigenvalue weighted by Gasteiger charge is -2.26. The van der Waals surface area contributed by atoms with E-state index in [0.717, 1.165) is 0 Å². The SMILES string of the molecule is CC1(C)OCC(CNC(=O)CC(N)C(C)(C)C)O1. The second-order valence-corrected chi connectivity index (χ2v) is 6.43. The van der Waals surface area contributed by atoms with Crippen molar-refractivity contribution in [3.63, 3.8) is 0 Å². The zero-order chi connectivity index (χ0) is 14.0. The topological polar surface area (TPSA) is 73.6 Å². The van der Waals surface area contributed by atoms with Crippen molar-refractivity contribution in [1.29, 1.82) is 0 Å². The monoisotopic (exact) mass is 258 g/mol. The predicted molar refractivity (Wildman–Crippen MR) is 70.0 cm³/mol. The number of carbonyl (C=O) groups is 1. The fraction of sp³-hybridized carbons (Fsp3) is 0.923. The summed E-state index contributed by atoms with van der Waals surface area (Å²) < 4.78 is 11.0. The third kappa shape index (κ3) is 4.92. The molecule has 0 radical (unpaired) electrons. The molecule has 1 fully saturated rings. The summed E-state index contributed by atoms with van der Waals surface area (Å²) >= 11 is 0. The van der Waals surface area contributed by atoms with E-state index >= 15 is 0 Å². The van der Waals surface area contributed by atoms with Crippen molar-refractivity contribution < 1.29 is 14.3 Å². The highest BCUT2D eigenvalue weighted by Gasteiger charge is 2.32. The first-order chi connectivity index (χ1) is 8.10. The third-order valence-electron chi connectivity index (χ3n) is 3.11. The molecule has 0 aromatic heterocycles. The highest BCUT2D eigenvalue weighted by Crippen LogP contribution is 2.22. The Kier molecular flexibility index (Phi) is 4.75. The van der Waals surface area contributed by atoms with E-state index in [4.69, 9.17) is 15.2 Å². The molecule has 0 spiro atoms. The van der Waals surface area contributed by atoms with Crippen LogP contribution in [0.3, 0.4) is 0 Å². The molecular weight excluding hydrogens is 232 g/mol. The van der Waals surface area contributed by atoms with Crippen LogP contribution in [0.25, 0.3) is 0 Å². The van der Waals surface area contributed by atoms with Crippen LogP contribution in [0.5, 0.6) is 0 Å². The van der Waals surface area contributed by atoms with E-state index in [-0.39, 0.29) is 23.5 Å². The number of nitrogens with one attached hydrogen (secondary N) is 1. The summed E-state index contributed by atoms with van der Waals surface area (Å²) in [5.41, 5.74) is 5.90. The molecule has 1 heterocycles. The van der Waals surface area contributed by atoms with Gasteiger partial charge in [-0.3, -0.25) is 4.79 Å². The van der Waals surface area contributed by atoms with Crippen LogP contribution in [-0.4, -0.2) is 37.0 Å². The molecule has 2 atom stereocenters. The molecule has 0 bridgehead atoms. The molecular formula is C13H26N2O3. The van der Waals surface area contributed by atoms with Gasteiger partial charge in [-0.15, -0.1) is 0 Å². The van der Waals surface area contributed by atoms with Crippen molar-refractivity contribution in [3.8, 4) is 0 Å². The van der Waals surface area contributed by atoms with Gasteiger partial charge in [0.25, 0.3) is 0 Å². The van der Waals surface area contributed by atoms with E-state index in [9.17, 15) is 4.79 Å². The van der Waals surface area contributed by atoms with Crippen LogP contribution in [0.1, 0.15) is 41.0 Å². The van der Waals surface area contributed by atoms with Crippen molar-refractivity contribution in [2.45, 2.75) is 59.0 Å². The highest BCUT2D eigenvalue weighted by molar-refractivity contribution is 5.76. The van der Waals surface area contributed by atoms with E-state index < -0.39 is 5.79 Å². The van der Waals surface area contributed by atoms with Crippen molar-refractivity contribution in [2.75, 3.05) is 13.2 Å². The molecule has 0 aromatic rings. The lowest BCUT2D eigenvalue weighted by Crippen LogP contribution is -2.42. The molecule has 0 aliphatic carbocycles. The Morgan fingerprint density at radius 3 is 2.56 bits per heavy atom. The molecule has 1 aliphatic heterocycles. The molecule has 1 saturated heterocycles. The van der Waals surface area contributed by atoms with Crippen LogP contribution >= 0.6 is 0 Å². The smallest absolute Gasteiger partial charge is 0.221 e. The molecule has 5 nitrogen and oxygen atoms in total. The molecule has 106 valence electrons. The van der Waals surface area contributed by atoms with Gasteiger partial charge in [-0.05, 0) is 19.3 Å². The minimum atomic E-state index is -0.544. The number of nitrogens with two attached hydrogens (primary N) is 1. The second kappa shape index (κ2) is 5.55. The van der Waals surface area contributed by atoms with Crippen LogP contribution in [-0.2, 0) is 14.3 Å². The predicted octanol–water partition coefficient (Wildman–Crippen LogP) is 1.02. The van der Waals surface area contributed by atoms with Crippen molar-refractivity contribution in [1.82, 2.24) is 5.32 Å². The van der Waals surface area contributed by atoms with Crippen molar-refractivity contribution in [3.05, 3.63) is 0 Å². The number of ether oxygens (including phenoxy) is 2. The number of rotatable bonds is 4. The van der Waals surface area contributed by atoms with Crippen molar-refractivity contribution >= 4 is 5.91 Å². The Morgan fingerprint density at radius 2 is 2.11 bits per heavy atom. The molecule has 2 unspecified atom stereocenters. The van der Waals surface area contributed by atoms with Gasteiger partial charge in [-0.25, -0.2) is 0 Å². The van der Waals surface area contributed by atoms with E-state index in [1.54, 1.807) is 0 Å². The summed E-state index contributed by atoms with van der Waals surface area (Å²) in [5.74, 6) is -0.581. The van der Waals surface area contributed by atoms with Gasteiger partial charge in [-0.1, -0.05) is 20.8 Å². The molecule has 5 heteroatoms. The van der Waals surface area contributed by atoms with E-state index in [1.165, 1.54) is 0 Å². The summed E-state index contributed by atoms with van der Waals surface area (Å²) in [6.45, 7) is 10.8. The molecule has 0 saturated carbocycles. The van der Waals surface area contributed by atoms with Crippen LogP contribution in [0.4, 0.5) is 0 Å². The van der Waals surface area contributed by atoms with Crippen LogP contribution < -0.4 is 11.1 Å². The maximum absolute atomic E-state index is 11.7. The summed E-state index contributed by atoms with van der Waals surface area (Å²) in [6, 6.07) is -0.144. The maximum Gasteiger partial charge on any atom is 0.221 e. The van der Waals surface area contributed by atoms with Crippen LogP contribution in [0, 0.1) is 5.41 Å². The van der Waals surface area contributed by atoms with Gasteiger partial charge in [-0.2, -0.15) is 0 Å². The van der Waals surface area contributed by atoms with Gasteiger partial charge in [0.15, 0.2) is 5.79 Å². The minimum Gasteiger partial charge on any atom is -0.353 e. The number of amides is 1. The number of carbonyl (C=O) groups excluding carboxylic acids is 1. The van der Waals surface area contributed by atoms with Crippen molar-refractivity contribution in [2.24, 2.45) is 11.1 Å². The third-order valence-corrected chi connectivity index (χ3v) is 3.11. The minimum absolute atomic E-state index is 0.0364. The number of hydrogen-bond donors (Lipinski definition) is 2. The first-order valence-corrected chi connectivity index (χ1v) is 6.44. The summed E-state index contributed by atoms with van der Waals surface area (Å²) in [5, 5.41) is 2.84. The molecule has 3 N–H and O–H groups in total. The normalized spacial score (nSPS) is 24.9. The summed E-state index contributed by atoms with van der Waals surface area (Å²) in [4.78, 5) is 11.7. The van der Waals surface area contributed by atoms with E-state index in [2.05, 4.69) is 5.32 Å². The van der Waals surface area contributed by atoms with Crippen LogP contribution in [0.15, 0.2) is 0 Å². The molecule has 0 aromatic carbocycles. The summed E-state index contributed by atoms with van der Waals surface area (Å²) in [6.07, 6.45) is 0.260. The second-order valence-electron chi connectivity index (χ2n) is 6.43. The Bertz CT molecular complexity index is 297. The first-order valence-electron chi connectivity index (χ1n) is 6.44. The Morgan fingerprint density at radius 1 is 1.50 bits per heavy atom. The molecule has 1 aliphatic rings. The quantitative estimate of drug-likeness (QED) is 0.789. The van der Waals surface area contributed by atoms with Crippen LogP contribution in [0.2, 0.25) is 0 Å². The average molecular weight is 258 g/mol. The maximum atomic E-state index is 11.7. The summed E-state index contributed by atoms with van der Waals surface area (Å²) in [7, 11) is 0. The molecule has 1 rings (SSSR count). The van der Waals surface area contributed by atoms with E-state index in [0.29, 0.717) is 19.6 Å². The lowest BCUT2D eigenvalue weighted by molar-refractivity contribution is -0.139.